The van der Waals surface area contributed by atoms with Gasteiger partial charge in [-0.15, -0.1) is 0 Å². The number of fused-ring (bicyclic) bond motifs is 1. The van der Waals surface area contributed by atoms with E-state index in [2.05, 4.69) is 42.1 Å². The summed E-state index contributed by atoms with van der Waals surface area (Å²) in [5.41, 5.74) is 2.61. The minimum atomic E-state index is 0.0343. The van der Waals surface area contributed by atoms with Gasteiger partial charge in [-0.2, -0.15) is 0 Å². The average Bonchev–Trinajstić information content (AvgIpc) is 2.67. The molecule has 19 heavy (non-hydrogen) atoms. The number of aryl methyl sites for hydroxylation is 1. The standard InChI is InChI=1S/C16H19NO2/c1-12(18)7-8-16(10-19-11-16)14-9-17(2)15-6-4-3-5-13(14)15/h3-6,9H,7-8,10-11H2,1-2H3. The van der Waals surface area contributed by atoms with Crippen molar-refractivity contribution in [2.75, 3.05) is 13.2 Å². The summed E-state index contributed by atoms with van der Waals surface area (Å²) in [6.45, 7) is 3.12. The number of Topliss-reactive ketones (excluding diaryl/α,β-unsaturated/α-hetero) is 1. The van der Waals surface area contributed by atoms with Crippen LogP contribution in [0.4, 0.5) is 0 Å². The lowest BCUT2D eigenvalue weighted by molar-refractivity contribution is -0.119. The first-order chi connectivity index (χ1) is 9.12. The molecule has 1 aromatic carbocycles. The number of rotatable bonds is 4. The fourth-order valence-corrected chi connectivity index (χ4v) is 2.96. The molecule has 2 heterocycles. The summed E-state index contributed by atoms with van der Waals surface area (Å²) in [5, 5.41) is 1.29. The molecule has 1 aliphatic rings. The molecule has 100 valence electrons. The largest absolute Gasteiger partial charge is 0.379 e. The van der Waals surface area contributed by atoms with Gasteiger partial charge in [0.1, 0.15) is 5.78 Å². The minimum Gasteiger partial charge on any atom is -0.379 e. The van der Waals surface area contributed by atoms with Crippen molar-refractivity contribution in [1.82, 2.24) is 4.57 Å². The number of para-hydroxylation sites is 1. The number of hydrogen-bond donors (Lipinski definition) is 0. The Bertz CT molecular complexity index is 623. The van der Waals surface area contributed by atoms with E-state index in [9.17, 15) is 4.79 Å². The maximum Gasteiger partial charge on any atom is 0.129 e. The van der Waals surface area contributed by atoms with Crippen molar-refractivity contribution in [1.29, 1.82) is 0 Å². The molecule has 0 amide bonds. The smallest absolute Gasteiger partial charge is 0.129 e. The van der Waals surface area contributed by atoms with E-state index in [4.69, 9.17) is 4.74 Å². The van der Waals surface area contributed by atoms with Crippen molar-refractivity contribution in [2.24, 2.45) is 7.05 Å². The van der Waals surface area contributed by atoms with Crippen molar-refractivity contribution in [3.05, 3.63) is 36.0 Å². The Morgan fingerprint density at radius 1 is 1.37 bits per heavy atom. The number of ketones is 1. The molecule has 1 aromatic heterocycles. The molecule has 3 heteroatoms. The predicted molar refractivity (Wildman–Crippen MR) is 75.3 cm³/mol. The number of hydrogen-bond acceptors (Lipinski definition) is 2. The Morgan fingerprint density at radius 3 is 2.74 bits per heavy atom. The van der Waals surface area contributed by atoms with Gasteiger partial charge in [0.15, 0.2) is 0 Å². The van der Waals surface area contributed by atoms with Crippen LogP contribution in [0, 0.1) is 0 Å². The van der Waals surface area contributed by atoms with Gasteiger partial charge in [-0.1, -0.05) is 18.2 Å². The molecule has 3 nitrogen and oxygen atoms in total. The number of ether oxygens (including phenoxy) is 1. The molecule has 0 atom stereocenters. The van der Waals surface area contributed by atoms with Crippen molar-refractivity contribution in [3.63, 3.8) is 0 Å². The van der Waals surface area contributed by atoms with Gasteiger partial charge in [-0.05, 0) is 25.0 Å². The van der Waals surface area contributed by atoms with Crippen LogP contribution >= 0.6 is 0 Å². The summed E-state index contributed by atoms with van der Waals surface area (Å²) in [4.78, 5) is 11.3. The van der Waals surface area contributed by atoms with Gasteiger partial charge in [0.25, 0.3) is 0 Å². The van der Waals surface area contributed by atoms with E-state index in [1.54, 1.807) is 6.92 Å². The highest BCUT2D eigenvalue weighted by Crippen LogP contribution is 2.41. The van der Waals surface area contributed by atoms with Gasteiger partial charge < -0.3 is 14.1 Å². The third kappa shape index (κ3) is 1.98. The quantitative estimate of drug-likeness (QED) is 0.843. The normalized spacial score (nSPS) is 17.4. The second-order valence-electron chi connectivity index (χ2n) is 5.65. The van der Waals surface area contributed by atoms with Crippen molar-refractivity contribution >= 4 is 16.7 Å². The molecule has 2 aromatic rings. The van der Waals surface area contributed by atoms with Gasteiger partial charge in [0, 0.05) is 36.0 Å². The lowest BCUT2D eigenvalue weighted by Crippen LogP contribution is -2.46. The summed E-state index contributed by atoms with van der Waals surface area (Å²) < 4.78 is 7.63. The molecule has 1 fully saturated rings. The Kier molecular flexibility index (Phi) is 2.94. The average molecular weight is 257 g/mol. The molecular weight excluding hydrogens is 238 g/mol. The first kappa shape index (κ1) is 12.4. The first-order valence-electron chi connectivity index (χ1n) is 6.74. The van der Waals surface area contributed by atoms with Crippen LogP contribution in [0.5, 0.6) is 0 Å². The minimum absolute atomic E-state index is 0.0343. The predicted octanol–water partition coefficient (Wildman–Crippen LogP) is 2.82. The van der Waals surface area contributed by atoms with Crippen molar-refractivity contribution in [2.45, 2.75) is 25.2 Å². The zero-order valence-corrected chi connectivity index (χ0v) is 11.5. The number of carbonyl (C=O) groups excluding carboxylic acids is 1. The van der Waals surface area contributed by atoms with Gasteiger partial charge in [-0.3, -0.25) is 0 Å². The Hall–Kier alpha value is -1.61. The van der Waals surface area contributed by atoms with Crippen LogP contribution in [-0.2, 0) is 22.0 Å². The van der Waals surface area contributed by atoms with Crippen LogP contribution in [0.3, 0.4) is 0 Å². The Morgan fingerprint density at radius 2 is 2.11 bits per heavy atom. The monoisotopic (exact) mass is 257 g/mol. The highest BCUT2D eigenvalue weighted by Gasteiger charge is 2.41. The SMILES string of the molecule is CC(=O)CCC1(c2cn(C)c3ccccc23)COC1. The fraction of sp³-hybridized carbons (Fsp3) is 0.438. The number of nitrogens with zero attached hydrogens (tertiary/aromatic N) is 1. The first-order valence-corrected chi connectivity index (χ1v) is 6.74. The van der Waals surface area contributed by atoms with Crippen molar-refractivity contribution in [3.8, 4) is 0 Å². The Balaban J connectivity index is 2.04. The number of benzene rings is 1. The van der Waals surface area contributed by atoms with Crippen LogP contribution < -0.4 is 0 Å². The van der Waals surface area contributed by atoms with Gasteiger partial charge in [-0.25, -0.2) is 0 Å². The molecule has 3 rings (SSSR count). The van der Waals surface area contributed by atoms with E-state index in [1.165, 1.54) is 16.5 Å². The molecular formula is C16H19NO2. The highest BCUT2D eigenvalue weighted by atomic mass is 16.5. The van der Waals surface area contributed by atoms with E-state index in [-0.39, 0.29) is 11.2 Å². The van der Waals surface area contributed by atoms with E-state index >= 15 is 0 Å². The van der Waals surface area contributed by atoms with Crippen LogP contribution in [-0.4, -0.2) is 23.6 Å². The van der Waals surface area contributed by atoms with Crippen LogP contribution in [0.25, 0.3) is 10.9 Å². The van der Waals surface area contributed by atoms with E-state index in [0.29, 0.717) is 6.42 Å². The third-order valence-corrected chi connectivity index (χ3v) is 4.18. The molecule has 0 saturated carbocycles. The van der Waals surface area contributed by atoms with Crippen LogP contribution in [0.15, 0.2) is 30.5 Å². The summed E-state index contributed by atoms with van der Waals surface area (Å²) in [7, 11) is 2.07. The lowest BCUT2D eigenvalue weighted by Gasteiger charge is -2.41. The van der Waals surface area contributed by atoms with E-state index in [0.717, 1.165) is 19.6 Å². The van der Waals surface area contributed by atoms with Crippen LogP contribution in [0.2, 0.25) is 0 Å². The maximum atomic E-state index is 11.3. The topological polar surface area (TPSA) is 31.2 Å². The summed E-state index contributed by atoms with van der Waals surface area (Å²) >= 11 is 0. The third-order valence-electron chi connectivity index (χ3n) is 4.18. The van der Waals surface area contributed by atoms with Crippen LogP contribution in [0.1, 0.15) is 25.3 Å². The zero-order valence-electron chi connectivity index (χ0n) is 11.5. The maximum absolute atomic E-state index is 11.3. The molecule has 0 N–H and O–H groups in total. The molecule has 0 unspecified atom stereocenters. The van der Waals surface area contributed by atoms with Crippen molar-refractivity contribution < 1.29 is 9.53 Å². The van der Waals surface area contributed by atoms with Gasteiger partial charge >= 0.3 is 0 Å². The van der Waals surface area contributed by atoms with Gasteiger partial charge in [0.05, 0.1) is 13.2 Å². The fourth-order valence-electron chi connectivity index (χ4n) is 2.96. The second kappa shape index (κ2) is 4.49. The molecule has 1 aliphatic heterocycles. The zero-order chi connectivity index (χ0) is 13.5. The molecule has 1 saturated heterocycles. The lowest BCUT2D eigenvalue weighted by atomic mass is 9.74. The highest BCUT2D eigenvalue weighted by molar-refractivity contribution is 5.85. The number of aromatic nitrogens is 1. The second-order valence-corrected chi connectivity index (χ2v) is 5.65. The Labute approximate surface area is 113 Å². The van der Waals surface area contributed by atoms with E-state index < -0.39 is 0 Å². The van der Waals surface area contributed by atoms with Gasteiger partial charge in [0.2, 0.25) is 0 Å². The summed E-state index contributed by atoms with van der Waals surface area (Å²) in [5.74, 6) is 0.256. The molecule has 0 aliphatic carbocycles. The summed E-state index contributed by atoms with van der Waals surface area (Å²) in [6.07, 6.45) is 3.72. The molecule has 0 spiro atoms. The molecule has 0 bridgehead atoms. The van der Waals surface area contributed by atoms with E-state index in [1.807, 2.05) is 0 Å². The number of carbonyl (C=O) groups is 1. The molecule has 0 radical (unpaired) electrons. The summed E-state index contributed by atoms with van der Waals surface area (Å²) in [6, 6.07) is 8.44.